The van der Waals surface area contributed by atoms with E-state index in [1.54, 1.807) is 12.7 Å². The van der Waals surface area contributed by atoms with Crippen molar-refractivity contribution in [2.45, 2.75) is 104 Å². The number of nitrogens with one attached hydrogen (secondary N) is 2. The molecule has 2 heterocycles. The molecule has 0 aliphatic heterocycles. The molecule has 218 valence electrons. The Labute approximate surface area is 254 Å². The second-order valence-corrected chi connectivity index (χ2v) is 17.3. The van der Waals surface area contributed by atoms with E-state index in [2.05, 4.69) is 81.6 Å². The Kier molecular flexibility index (Phi) is 13.5. The zero-order valence-corrected chi connectivity index (χ0v) is 27.9. The molecule has 1 aromatic carbocycles. The predicted octanol–water partition coefficient (Wildman–Crippen LogP) is 7.84. The van der Waals surface area contributed by atoms with Crippen molar-refractivity contribution in [3.05, 3.63) is 39.4 Å². The summed E-state index contributed by atoms with van der Waals surface area (Å²) in [5.74, 6) is 5.10. The van der Waals surface area contributed by atoms with E-state index in [0.29, 0.717) is 18.7 Å². The highest BCUT2D eigenvalue weighted by molar-refractivity contribution is 14.1. The van der Waals surface area contributed by atoms with Gasteiger partial charge in [-0.1, -0.05) is 90.3 Å². The van der Waals surface area contributed by atoms with Crippen molar-refractivity contribution in [3.8, 4) is 23.0 Å². The van der Waals surface area contributed by atoms with Crippen LogP contribution in [0.5, 0.6) is 11.5 Å². The number of aryl methyl sites for hydroxylation is 1. The summed E-state index contributed by atoms with van der Waals surface area (Å²) in [5, 5.41) is 7.91. The highest BCUT2D eigenvalue weighted by Crippen LogP contribution is 2.30. The molecule has 40 heavy (non-hydrogen) atoms. The molecule has 9 heteroatoms. The van der Waals surface area contributed by atoms with Gasteiger partial charge in [0.15, 0.2) is 11.1 Å². The van der Waals surface area contributed by atoms with Crippen LogP contribution in [0.3, 0.4) is 0 Å². The molecule has 0 spiro atoms. The number of H-pyrrole nitrogens is 1. The van der Waals surface area contributed by atoms with E-state index < -0.39 is 8.07 Å². The second-order valence-electron chi connectivity index (χ2n) is 11.4. The van der Waals surface area contributed by atoms with Gasteiger partial charge < -0.3 is 19.0 Å². The van der Waals surface area contributed by atoms with Gasteiger partial charge in [-0.3, -0.25) is 5.41 Å². The van der Waals surface area contributed by atoms with Gasteiger partial charge in [0.1, 0.15) is 25.1 Å². The molecule has 0 saturated heterocycles. The minimum Gasteiger partial charge on any atom is -0.492 e. The lowest BCUT2D eigenvalue weighted by Gasteiger charge is -2.14. The Bertz CT molecular complexity index is 1320. The fourth-order valence-corrected chi connectivity index (χ4v) is 5.50. The third-order valence-corrected chi connectivity index (χ3v) is 8.34. The number of unbranched alkanes of at least 4 members (excludes halogenated alkanes) is 9. The average Bonchev–Trinajstić information content (AvgIpc) is 3.42. The second kappa shape index (κ2) is 16.8. The van der Waals surface area contributed by atoms with Gasteiger partial charge in [-0.2, -0.15) is 0 Å². The maximum Gasteiger partial charge on any atom is 0.173 e. The first-order chi connectivity index (χ1) is 19.3. The van der Waals surface area contributed by atoms with Crippen LogP contribution in [-0.2, 0) is 6.54 Å². The van der Waals surface area contributed by atoms with E-state index in [-0.39, 0.29) is 5.49 Å². The van der Waals surface area contributed by atoms with Crippen LogP contribution in [0.2, 0.25) is 19.6 Å². The summed E-state index contributed by atoms with van der Waals surface area (Å²) in [6.07, 6.45) is 17.2. The molecule has 3 rings (SSSR count). The van der Waals surface area contributed by atoms with Crippen LogP contribution in [0.25, 0.3) is 11.2 Å². The van der Waals surface area contributed by atoms with Crippen LogP contribution in [0.15, 0.2) is 24.8 Å². The molecule has 2 aromatic heterocycles. The van der Waals surface area contributed by atoms with Crippen molar-refractivity contribution in [2.24, 2.45) is 0 Å². The molecular weight excluding hydrogens is 629 g/mol. The lowest BCUT2D eigenvalue weighted by Crippen LogP contribution is -2.16. The van der Waals surface area contributed by atoms with Crippen molar-refractivity contribution < 1.29 is 9.47 Å². The summed E-state index contributed by atoms with van der Waals surface area (Å²) in [4.78, 5) is 11.5. The van der Waals surface area contributed by atoms with Crippen LogP contribution >= 0.6 is 22.6 Å². The molecule has 0 saturated carbocycles. The zero-order valence-electron chi connectivity index (χ0n) is 24.7. The van der Waals surface area contributed by atoms with Crippen molar-refractivity contribution >= 4 is 41.8 Å². The number of nitrogens with zero attached hydrogens (tertiary/aromatic N) is 3. The number of aromatic amines is 1. The molecule has 0 aliphatic rings. The van der Waals surface area contributed by atoms with E-state index in [4.69, 9.17) is 14.9 Å². The Hall–Kier alpha value is -2.32. The summed E-state index contributed by atoms with van der Waals surface area (Å²) in [6.45, 7) is 11.0. The minimum absolute atomic E-state index is 0.206. The molecule has 2 N–H and O–H groups in total. The Morgan fingerprint density at radius 3 is 2.25 bits per heavy atom. The monoisotopic (exact) mass is 675 g/mol. The molecule has 0 bridgehead atoms. The number of rotatable bonds is 17. The van der Waals surface area contributed by atoms with Crippen molar-refractivity contribution in [1.29, 1.82) is 5.41 Å². The number of hydrogen-bond donors (Lipinski definition) is 2. The third-order valence-electron chi connectivity index (χ3n) is 6.62. The van der Waals surface area contributed by atoms with E-state index in [0.717, 1.165) is 45.7 Å². The van der Waals surface area contributed by atoms with Gasteiger partial charge in [0.2, 0.25) is 0 Å². The lowest BCUT2D eigenvalue weighted by molar-refractivity contribution is 0.292. The van der Waals surface area contributed by atoms with Crippen LogP contribution in [0, 0.1) is 20.4 Å². The van der Waals surface area contributed by atoms with Gasteiger partial charge in [-0.25, -0.2) is 9.97 Å². The quantitative estimate of drug-likeness (QED) is 0.0661. The molecule has 0 amide bonds. The van der Waals surface area contributed by atoms with Crippen molar-refractivity contribution in [1.82, 2.24) is 19.5 Å². The normalized spacial score (nSPS) is 11.4. The van der Waals surface area contributed by atoms with Gasteiger partial charge in [0.05, 0.1) is 35.0 Å². The maximum atomic E-state index is 7.91. The summed E-state index contributed by atoms with van der Waals surface area (Å²) in [7, 11) is -1.54. The van der Waals surface area contributed by atoms with Gasteiger partial charge in [0.25, 0.3) is 0 Å². The summed E-state index contributed by atoms with van der Waals surface area (Å²) in [6, 6.07) is 4.11. The molecule has 0 aliphatic carbocycles. The van der Waals surface area contributed by atoms with Crippen LogP contribution in [0.4, 0.5) is 0 Å². The predicted molar refractivity (Wildman–Crippen MR) is 175 cm³/mol. The van der Waals surface area contributed by atoms with Crippen LogP contribution in [-0.4, -0.2) is 40.8 Å². The lowest BCUT2D eigenvalue weighted by atomic mass is 10.1. The van der Waals surface area contributed by atoms with E-state index in [1.165, 1.54) is 57.8 Å². The maximum absolute atomic E-state index is 7.91. The van der Waals surface area contributed by atoms with Crippen molar-refractivity contribution in [2.75, 3.05) is 13.2 Å². The summed E-state index contributed by atoms with van der Waals surface area (Å²) >= 11 is 2.33. The molecule has 0 unspecified atom stereocenters. The van der Waals surface area contributed by atoms with E-state index >= 15 is 0 Å². The number of benzene rings is 1. The SMILES string of the molecule is CCCCCCCCCCCCOc1cc(I)c(OCCCn2cnc(=N)c3[nH]cnc32)cc1C#C[Si](C)(C)C. The van der Waals surface area contributed by atoms with Crippen LogP contribution in [0.1, 0.15) is 83.1 Å². The van der Waals surface area contributed by atoms with Crippen molar-refractivity contribution in [3.63, 3.8) is 0 Å². The minimum atomic E-state index is -1.54. The van der Waals surface area contributed by atoms with Gasteiger partial charge in [-0.15, -0.1) is 5.54 Å². The van der Waals surface area contributed by atoms with E-state index in [1.807, 2.05) is 10.6 Å². The third kappa shape index (κ3) is 10.9. The first kappa shape index (κ1) is 32.2. The molecule has 3 aromatic rings. The standard InChI is InChI=1S/C31H46IN5O2Si/c1-5-6-7-8-9-10-11-12-13-14-18-38-27-22-26(32)28(21-25(27)16-20-40(2,3)4)39-19-15-17-37-24-36-30(33)29-31(37)35-23-34-29/h21-24,33H,5-15,17-19H2,1-4H3,(H,34,35). The Balaban J connectivity index is 1.51. The fourth-order valence-electron chi connectivity index (χ4n) is 4.40. The number of halogens is 1. The highest BCUT2D eigenvalue weighted by Gasteiger charge is 2.13. The number of hydrogen-bond acceptors (Lipinski definition) is 5. The number of fused-ring (bicyclic) bond motifs is 1. The largest absolute Gasteiger partial charge is 0.492 e. The number of aromatic nitrogens is 4. The molecule has 0 fully saturated rings. The molecule has 0 radical (unpaired) electrons. The molecule has 0 atom stereocenters. The number of imidazole rings is 1. The first-order valence-corrected chi connectivity index (χ1v) is 19.4. The molecule has 7 nitrogen and oxygen atoms in total. The smallest absolute Gasteiger partial charge is 0.173 e. The topological polar surface area (TPSA) is 88.8 Å². The number of ether oxygens (including phenoxy) is 2. The Morgan fingerprint density at radius 1 is 0.900 bits per heavy atom. The Morgan fingerprint density at radius 2 is 1.55 bits per heavy atom. The zero-order chi connectivity index (χ0) is 28.8. The first-order valence-electron chi connectivity index (χ1n) is 14.8. The van der Waals surface area contributed by atoms with Gasteiger partial charge in [0, 0.05) is 12.6 Å². The average molecular weight is 676 g/mol. The fraction of sp³-hybridized carbons (Fsp3) is 0.581. The highest BCUT2D eigenvalue weighted by atomic mass is 127. The molecular formula is C31H46IN5O2Si. The van der Waals surface area contributed by atoms with Crippen LogP contribution < -0.4 is 15.0 Å². The summed E-state index contributed by atoms with van der Waals surface area (Å²) < 4.78 is 15.4. The van der Waals surface area contributed by atoms with E-state index in [9.17, 15) is 0 Å². The summed E-state index contributed by atoms with van der Waals surface area (Å²) in [5.41, 5.74) is 6.00. The van der Waals surface area contributed by atoms with Gasteiger partial charge >= 0.3 is 0 Å². The van der Waals surface area contributed by atoms with Gasteiger partial charge in [-0.05, 0) is 41.5 Å².